The van der Waals surface area contributed by atoms with Gasteiger partial charge < -0.3 is 64.2 Å². The van der Waals surface area contributed by atoms with Crippen LogP contribution in [0.4, 0.5) is 0 Å². The highest BCUT2D eigenvalue weighted by Crippen LogP contribution is 2.70. The molecule has 8 fully saturated rings. The first kappa shape index (κ1) is 39.0. The van der Waals surface area contributed by atoms with Crippen LogP contribution in [0.1, 0.15) is 85.5 Å². The zero-order chi connectivity index (χ0) is 37.8. The predicted molar refractivity (Wildman–Crippen MR) is 183 cm³/mol. The first-order chi connectivity index (χ1) is 25.2. The molecular weight excluding hydrogens is 692 g/mol. The molecule has 4 heterocycles. The summed E-state index contributed by atoms with van der Waals surface area (Å²) in [6, 6.07) is 0. The summed E-state index contributed by atoms with van der Waals surface area (Å²) >= 11 is 0. The van der Waals surface area contributed by atoms with E-state index in [0.29, 0.717) is 48.9 Å². The molecule has 14 heteroatoms. The Bertz CT molecular complexity index is 1340. The number of hydrogen-bond acceptors (Lipinski definition) is 14. The van der Waals surface area contributed by atoms with Gasteiger partial charge in [0.05, 0.1) is 32.0 Å². The van der Waals surface area contributed by atoms with Gasteiger partial charge >= 0.3 is 0 Å². The van der Waals surface area contributed by atoms with Crippen LogP contribution >= 0.6 is 0 Å². The Morgan fingerprint density at radius 2 is 1.47 bits per heavy atom. The molecule has 0 bridgehead atoms. The SMILES string of the molecule is CC1CCC2(OC1)OC1CC3C4CCC5CC(OC6OC(CO)C(OC7OC(CO)C(O)C(O)C7O)C(O)C6O)CCC5(C)C4CC(=O)C3(C)C1C2C. The van der Waals surface area contributed by atoms with Crippen LogP contribution in [0.25, 0.3) is 0 Å². The third-order valence-electron chi connectivity index (χ3n) is 16.0. The van der Waals surface area contributed by atoms with Crippen molar-refractivity contribution in [2.45, 2.75) is 165 Å². The van der Waals surface area contributed by atoms with E-state index in [-0.39, 0.29) is 35.4 Å². The fourth-order valence-corrected chi connectivity index (χ4v) is 12.9. The molecule has 53 heavy (non-hydrogen) atoms. The van der Waals surface area contributed by atoms with Crippen molar-refractivity contribution in [3.05, 3.63) is 0 Å². The number of carbonyl (C=O) groups excluding carboxylic acids is 1. The van der Waals surface area contributed by atoms with Gasteiger partial charge in [0.2, 0.25) is 0 Å². The van der Waals surface area contributed by atoms with Crippen LogP contribution in [0.2, 0.25) is 0 Å². The average molecular weight is 755 g/mol. The van der Waals surface area contributed by atoms with Crippen LogP contribution in [0.15, 0.2) is 0 Å². The van der Waals surface area contributed by atoms with Crippen LogP contribution in [-0.4, -0.2) is 141 Å². The summed E-state index contributed by atoms with van der Waals surface area (Å²) in [7, 11) is 0. The minimum Gasteiger partial charge on any atom is -0.394 e. The molecule has 4 aliphatic carbocycles. The van der Waals surface area contributed by atoms with Crippen LogP contribution < -0.4 is 0 Å². The average Bonchev–Trinajstić information content (AvgIpc) is 3.59. The van der Waals surface area contributed by atoms with Crippen molar-refractivity contribution in [2.24, 2.45) is 52.3 Å². The summed E-state index contributed by atoms with van der Waals surface area (Å²) in [6.45, 7) is 8.51. The van der Waals surface area contributed by atoms with E-state index < -0.39 is 85.8 Å². The molecular formula is C39H62O14. The normalized spacial score (nSPS) is 58.2. The predicted octanol–water partition coefficient (Wildman–Crippen LogP) is 0.621. The Morgan fingerprint density at radius 1 is 0.774 bits per heavy atom. The molecule has 4 saturated carbocycles. The molecule has 1 spiro atoms. The number of hydrogen-bond donors (Lipinski definition) is 7. The summed E-state index contributed by atoms with van der Waals surface area (Å²) in [5.74, 6) is 2.02. The van der Waals surface area contributed by atoms with Crippen molar-refractivity contribution in [3.63, 3.8) is 0 Å². The topological polar surface area (TPSA) is 214 Å². The number of aliphatic hydroxyl groups excluding tert-OH is 7. The van der Waals surface area contributed by atoms with E-state index in [2.05, 4.69) is 27.7 Å². The molecule has 0 aromatic heterocycles. The van der Waals surface area contributed by atoms with Crippen molar-refractivity contribution in [1.82, 2.24) is 0 Å². The summed E-state index contributed by atoms with van der Waals surface area (Å²) in [6.07, 6.45) is -7.31. The van der Waals surface area contributed by atoms with E-state index in [1.165, 1.54) is 0 Å². The smallest absolute Gasteiger partial charge is 0.187 e. The first-order valence-electron chi connectivity index (χ1n) is 20.3. The Morgan fingerprint density at radius 3 is 2.17 bits per heavy atom. The Kier molecular flexibility index (Phi) is 10.5. The molecule has 4 saturated heterocycles. The molecule has 7 N–H and O–H groups in total. The Hall–Kier alpha value is -0.850. The number of rotatable bonds is 6. The summed E-state index contributed by atoms with van der Waals surface area (Å²) in [4.78, 5) is 14.5. The van der Waals surface area contributed by atoms with E-state index >= 15 is 0 Å². The van der Waals surface area contributed by atoms with Gasteiger partial charge in [0.25, 0.3) is 0 Å². The highest BCUT2D eigenvalue weighted by Gasteiger charge is 2.72. The molecule has 0 amide bonds. The molecule has 8 aliphatic rings. The van der Waals surface area contributed by atoms with Crippen molar-refractivity contribution in [2.75, 3.05) is 19.8 Å². The van der Waals surface area contributed by atoms with E-state index in [0.717, 1.165) is 44.9 Å². The molecule has 8 rings (SSSR count). The standard InChI is InChI=1S/C39H62O14/c1-17-7-10-39(48-16-17)18(2)28-24(53-39)12-23-21-6-5-19-11-20(8-9-37(19,3)22(21)13-27(42)38(23,28)4)49-35-33(47)31(45)34(26(15-41)51-35)52-36-32(46)30(44)29(43)25(14-40)50-36/h17-26,28-36,40-41,43-47H,5-16H2,1-4H3. The van der Waals surface area contributed by atoms with E-state index in [4.69, 9.17) is 28.4 Å². The van der Waals surface area contributed by atoms with E-state index in [9.17, 15) is 40.5 Å². The monoisotopic (exact) mass is 754 g/mol. The van der Waals surface area contributed by atoms with Gasteiger partial charge in [0.15, 0.2) is 18.4 Å². The number of ketones is 1. The van der Waals surface area contributed by atoms with Crippen LogP contribution in [0.3, 0.4) is 0 Å². The minimum atomic E-state index is -1.73. The zero-order valence-corrected chi connectivity index (χ0v) is 31.4. The minimum absolute atomic E-state index is 0.0443. The van der Waals surface area contributed by atoms with Crippen LogP contribution in [-0.2, 0) is 33.2 Å². The summed E-state index contributed by atoms with van der Waals surface area (Å²) in [5.41, 5.74) is -0.453. The lowest BCUT2D eigenvalue weighted by Crippen LogP contribution is -2.65. The van der Waals surface area contributed by atoms with Gasteiger partial charge in [0, 0.05) is 30.1 Å². The lowest BCUT2D eigenvalue weighted by molar-refractivity contribution is -0.364. The lowest BCUT2D eigenvalue weighted by Gasteiger charge is -2.60. The zero-order valence-electron chi connectivity index (χ0n) is 31.4. The highest BCUT2D eigenvalue weighted by atomic mass is 16.7. The van der Waals surface area contributed by atoms with Gasteiger partial charge in [-0.1, -0.05) is 27.7 Å². The molecule has 14 nitrogen and oxygen atoms in total. The van der Waals surface area contributed by atoms with Crippen LogP contribution in [0, 0.1) is 52.3 Å². The maximum absolute atomic E-state index is 14.5. The van der Waals surface area contributed by atoms with E-state index in [1.807, 2.05) is 0 Å². The molecule has 22 unspecified atom stereocenters. The van der Waals surface area contributed by atoms with Crippen molar-refractivity contribution in [3.8, 4) is 0 Å². The number of Topliss-reactive ketones (excluding diaryl/α,β-unsaturated/α-hetero) is 1. The molecule has 302 valence electrons. The molecule has 22 atom stereocenters. The van der Waals surface area contributed by atoms with Gasteiger partial charge in [-0.05, 0) is 80.0 Å². The molecule has 0 aromatic rings. The second kappa shape index (κ2) is 14.2. The number of fused-ring (bicyclic) bond motifs is 7. The van der Waals surface area contributed by atoms with Crippen molar-refractivity contribution < 1.29 is 69.0 Å². The molecule has 4 aliphatic heterocycles. The second-order valence-electron chi connectivity index (χ2n) is 18.6. The van der Waals surface area contributed by atoms with Gasteiger partial charge in [0.1, 0.15) is 54.6 Å². The maximum atomic E-state index is 14.5. The van der Waals surface area contributed by atoms with E-state index in [1.54, 1.807) is 0 Å². The fourth-order valence-electron chi connectivity index (χ4n) is 12.9. The van der Waals surface area contributed by atoms with Crippen molar-refractivity contribution in [1.29, 1.82) is 0 Å². The third-order valence-corrected chi connectivity index (χ3v) is 16.0. The Balaban J connectivity index is 0.909. The first-order valence-corrected chi connectivity index (χ1v) is 20.3. The Labute approximate surface area is 311 Å². The van der Waals surface area contributed by atoms with Gasteiger partial charge in [-0.2, -0.15) is 0 Å². The van der Waals surface area contributed by atoms with Crippen molar-refractivity contribution >= 4 is 5.78 Å². The lowest BCUT2D eigenvalue weighted by atomic mass is 9.44. The second-order valence-corrected chi connectivity index (χ2v) is 18.6. The van der Waals surface area contributed by atoms with Crippen LogP contribution in [0.5, 0.6) is 0 Å². The fraction of sp³-hybridized carbons (Fsp3) is 0.974. The van der Waals surface area contributed by atoms with Gasteiger partial charge in [-0.15, -0.1) is 0 Å². The molecule has 0 radical (unpaired) electrons. The quantitative estimate of drug-likeness (QED) is 0.185. The maximum Gasteiger partial charge on any atom is 0.187 e. The number of carbonyl (C=O) groups is 1. The number of aliphatic hydroxyl groups is 7. The van der Waals surface area contributed by atoms with Gasteiger partial charge in [-0.25, -0.2) is 0 Å². The number of ether oxygens (including phenoxy) is 6. The third kappa shape index (κ3) is 6.03. The summed E-state index contributed by atoms with van der Waals surface area (Å²) < 4.78 is 36.7. The van der Waals surface area contributed by atoms with Gasteiger partial charge in [-0.3, -0.25) is 4.79 Å². The largest absolute Gasteiger partial charge is 0.394 e. The highest BCUT2D eigenvalue weighted by molar-refractivity contribution is 5.87. The molecule has 0 aromatic carbocycles. The summed E-state index contributed by atoms with van der Waals surface area (Å²) in [5, 5.41) is 72.8.